The molecule has 0 aliphatic rings. The molecule has 57 heavy (non-hydrogen) atoms. The molecular formula is C50H52O5P2. The Morgan fingerprint density at radius 1 is 0.404 bits per heavy atom. The van der Waals surface area contributed by atoms with Gasteiger partial charge in [0.2, 0.25) is 0 Å². The Kier molecular flexibility index (Phi) is 12.4. The Morgan fingerprint density at radius 3 is 1.28 bits per heavy atom. The van der Waals surface area contributed by atoms with Gasteiger partial charge in [-0.15, -0.1) is 0 Å². The van der Waals surface area contributed by atoms with Gasteiger partial charge in [0.25, 0.3) is 9.03 Å². The molecule has 0 bridgehead atoms. The van der Waals surface area contributed by atoms with Gasteiger partial charge in [0.15, 0.2) is 0 Å². The second kappa shape index (κ2) is 17.6. The average Bonchev–Trinajstić information content (AvgIpc) is 3.17. The van der Waals surface area contributed by atoms with E-state index in [4.69, 9.17) is 22.6 Å². The van der Waals surface area contributed by atoms with Crippen LogP contribution in [0.5, 0.6) is 28.7 Å². The lowest BCUT2D eigenvalue weighted by Gasteiger charge is -2.25. The van der Waals surface area contributed by atoms with E-state index in [1.807, 2.05) is 12.1 Å². The number of aryl methyl sites for hydroxylation is 3. The topological polar surface area (TPSA) is 46.2 Å². The Hall–Kier alpha value is -5.08. The summed E-state index contributed by atoms with van der Waals surface area (Å²) in [6.45, 7) is 19.3. The SMILES string of the molecule is Cc1ccc(C(C)C)c(OPOc2ccc3ccccc3c2-c2c(OP(Oc3cc(C)ccc3C(C)C)Oc3cc(C)ccc3C(C)C)ccc3ccccc23)c1. The van der Waals surface area contributed by atoms with Crippen LogP contribution in [0, 0.1) is 20.8 Å². The maximum absolute atomic E-state index is 7.13. The standard InChI is InChI=1S/C50H52O5P2/c1-31(2)39-23-18-34(7)28-46(39)52-56-51-44-26-21-37-14-10-12-16-42(37)49(44)50-43-17-13-11-15-38(43)22-27-45(50)53-57(54-47-29-35(8)19-24-40(47)32(3)4)55-48-30-36(9)20-25-41(48)33(5)6/h10-33,56H,1-9H3. The third kappa shape index (κ3) is 9.07. The van der Waals surface area contributed by atoms with Crippen molar-refractivity contribution in [3.63, 3.8) is 0 Å². The molecule has 292 valence electrons. The highest BCUT2D eigenvalue weighted by Crippen LogP contribution is 2.52. The van der Waals surface area contributed by atoms with Gasteiger partial charge in [-0.3, -0.25) is 0 Å². The molecule has 7 rings (SSSR count). The monoisotopic (exact) mass is 794 g/mol. The van der Waals surface area contributed by atoms with Crippen LogP contribution < -0.4 is 22.6 Å². The van der Waals surface area contributed by atoms with E-state index < -0.39 is 8.60 Å². The molecule has 0 saturated heterocycles. The summed E-state index contributed by atoms with van der Waals surface area (Å²) in [5, 5.41) is 4.22. The van der Waals surface area contributed by atoms with Crippen LogP contribution in [0.2, 0.25) is 0 Å². The number of fused-ring (bicyclic) bond motifs is 2. The van der Waals surface area contributed by atoms with Crippen molar-refractivity contribution in [1.82, 2.24) is 0 Å². The van der Waals surface area contributed by atoms with Crippen LogP contribution in [0.4, 0.5) is 0 Å². The lowest BCUT2D eigenvalue weighted by molar-refractivity contribution is 0.384. The van der Waals surface area contributed by atoms with Crippen LogP contribution in [0.3, 0.4) is 0 Å². The number of hydrogen-bond acceptors (Lipinski definition) is 5. The molecule has 0 amide bonds. The quantitative estimate of drug-likeness (QED) is 0.103. The second-order valence-corrected chi connectivity index (χ2v) is 17.3. The fourth-order valence-electron chi connectivity index (χ4n) is 7.19. The molecule has 0 N–H and O–H groups in total. The minimum absolute atomic E-state index is 0.230. The van der Waals surface area contributed by atoms with Crippen molar-refractivity contribution in [3.05, 3.63) is 161 Å². The van der Waals surface area contributed by atoms with Crippen molar-refractivity contribution in [2.45, 2.75) is 80.1 Å². The molecule has 0 aliphatic heterocycles. The van der Waals surface area contributed by atoms with Crippen LogP contribution in [-0.2, 0) is 0 Å². The van der Waals surface area contributed by atoms with Gasteiger partial charge in [0, 0.05) is 11.1 Å². The molecule has 0 spiro atoms. The highest BCUT2D eigenvalue weighted by molar-refractivity contribution is 7.43. The number of rotatable bonds is 14. The Balaban J connectivity index is 1.37. The zero-order chi connectivity index (χ0) is 40.2. The van der Waals surface area contributed by atoms with Crippen LogP contribution in [0.1, 0.15) is 92.7 Å². The number of hydrogen-bond donors (Lipinski definition) is 0. The Bertz CT molecular complexity index is 2470. The first-order valence-corrected chi connectivity index (χ1v) is 21.7. The van der Waals surface area contributed by atoms with Gasteiger partial charge in [0.05, 0.1) is 0 Å². The Morgan fingerprint density at radius 2 is 0.789 bits per heavy atom. The van der Waals surface area contributed by atoms with Gasteiger partial charge in [-0.2, -0.15) is 0 Å². The van der Waals surface area contributed by atoms with Gasteiger partial charge in [0.1, 0.15) is 28.7 Å². The maximum Gasteiger partial charge on any atom is 0.530 e. The molecular weight excluding hydrogens is 742 g/mol. The molecule has 0 aromatic heterocycles. The first kappa shape index (κ1) is 40.1. The van der Waals surface area contributed by atoms with E-state index in [0.717, 1.165) is 83.3 Å². The van der Waals surface area contributed by atoms with E-state index in [1.165, 1.54) is 0 Å². The first-order chi connectivity index (χ1) is 27.5. The third-order valence-corrected chi connectivity index (χ3v) is 11.9. The summed E-state index contributed by atoms with van der Waals surface area (Å²) in [6.07, 6.45) is 0. The molecule has 7 aromatic rings. The Labute approximate surface area is 341 Å². The summed E-state index contributed by atoms with van der Waals surface area (Å²) < 4.78 is 34.1. The minimum Gasteiger partial charge on any atom is -0.440 e. The summed E-state index contributed by atoms with van der Waals surface area (Å²) in [5.74, 6) is 4.44. The molecule has 7 heteroatoms. The zero-order valence-electron chi connectivity index (χ0n) is 34.3. The van der Waals surface area contributed by atoms with Crippen molar-refractivity contribution in [2.75, 3.05) is 0 Å². The van der Waals surface area contributed by atoms with Crippen LogP contribution in [-0.4, -0.2) is 0 Å². The summed E-state index contributed by atoms with van der Waals surface area (Å²) in [6, 6.07) is 44.1. The normalized spacial score (nSPS) is 11.8. The van der Waals surface area contributed by atoms with E-state index in [9.17, 15) is 0 Å². The minimum atomic E-state index is -2.03. The summed E-state index contributed by atoms with van der Waals surface area (Å²) in [4.78, 5) is 0. The molecule has 0 fully saturated rings. The largest absolute Gasteiger partial charge is 0.530 e. The van der Waals surface area contributed by atoms with Crippen molar-refractivity contribution in [2.24, 2.45) is 0 Å². The highest BCUT2D eigenvalue weighted by atomic mass is 31.2. The van der Waals surface area contributed by atoms with Crippen molar-refractivity contribution < 1.29 is 22.6 Å². The summed E-state index contributed by atoms with van der Waals surface area (Å²) in [7, 11) is -2.31. The molecule has 1 unspecified atom stereocenters. The van der Waals surface area contributed by atoms with Crippen LogP contribution >= 0.6 is 17.6 Å². The average molecular weight is 795 g/mol. The van der Waals surface area contributed by atoms with Crippen molar-refractivity contribution in [3.8, 4) is 39.9 Å². The molecule has 0 heterocycles. The second-order valence-electron chi connectivity index (χ2n) is 15.7. The van der Waals surface area contributed by atoms with Crippen LogP contribution in [0.25, 0.3) is 32.7 Å². The molecule has 5 nitrogen and oxygen atoms in total. The van der Waals surface area contributed by atoms with E-state index >= 15 is 0 Å². The summed E-state index contributed by atoms with van der Waals surface area (Å²) >= 11 is 0. The predicted molar refractivity (Wildman–Crippen MR) is 241 cm³/mol. The maximum atomic E-state index is 7.13. The van der Waals surface area contributed by atoms with E-state index in [1.54, 1.807) is 0 Å². The van der Waals surface area contributed by atoms with E-state index in [0.29, 0.717) is 17.4 Å². The summed E-state index contributed by atoms with van der Waals surface area (Å²) in [5.41, 5.74) is 8.47. The van der Waals surface area contributed by atoms with Crippen LogP contribution in [0.15, 0.2) is 127 Å². The molecule has 7 aromatic carbocycles. The third-order valence-electron chi connectivity index (χ3n) is 10.2. The van der Waals surface area contributed by atoms with Gasteiger partial charge in [-0.1, -0.05) is 139 Å². The van der Waals surface area contributed by atoms with E-state index in [2.05, 4.69) is 178 Å². The number of benzene rings is 7. The molecule has 0 saturated carbocycles. The lowest BCUT2D eigenvalue weighted by atomic mass is 9.92. The smallest absolute Gasteiger partial charge is 0.440 e. The fourth-order valence-corrected chi connectivity index (χ4v) is 8.82. The molecule has 0 aliphatic carbocycles. The van der Waals surface area contributed by atoms with Crippen molar-refractivity contribution >= 4 is 39.2 Å². The molecule has 0 radical (unpaired) electrons. The lowest BCUT2D eigenvalue weighted by Crippen LogP contribution is -2.07. The highest BCUT2D eigenvalue weighted by Gasteiger charge is 2.28. The van der Waals surface area contributed by atoms with Gasteiger partial charge >= 0.3 is 8.60 Å². The van der Waals surface area contributed by atoms with Gasteiger partial charge < -0.3 is 22.6 Å². The van der Waals surface area contributed by atoms with Gasteiger partial charge in [-0.25, -0.2) is 0 Å². The first-order valence-electron chi connectivity index (χ1n) is 19.7. The van der Waals surface area contributed by atoms with Crippen molar-refractivity contribution in [1.29, 1.82) is 0 Å². The zero-order valence-corrected chi connectivity index (χ0v) is 36.2. The van der Waals surface area contributed by atoms with E-state index in [-0.39, 0.29) is 20.9 Å². The van der Waals surface area contributed by atoms with Gasteiger partial charge in [-0.05, 0) is 124 Å². The fraction of sp³-hybridized carbons (Fsp3) is 0.240. The molecule has 1 atom stereocenters. The predicted octanol–water partition coefficient (Wildman–Crippen LogP) is 15.7.